The molecule has 114 valence electrons. The number of nitrogens with zero attached hydrogens (tertiary/aromatic N) is 2. The molecule has 0 aliphatic carbocycles. The van der Waals surface area contributed by atoms with E-state index >= 15 is 0 Å². The van der Waals surface area contributed by atoms with Crippen LogP contribution in [0.4, 0.5) is 0 Å². The van der Waals surface area contributed by atoms with Crippen molar-refractivity contribution < 1.29 is 0 Å². The fraction of sp³-hybridized carbons (Fsp3) is 0.474. The number of hydrogen-bond donors (Lipinski definition) is 0. The van der Waals surface area contributed by atoms with Crippen molar-refractivity contribution in [2.75, 3.05) is 20.1 Å². The average molecular weight is 284 g/mol. The number of allylic oxidation sites excluding steroid dienone is 1. The summed E-state index contributed by atoms with van der Waals surface area (Å²) >= 11 is 0. The predicted octanol–water partition coefficient (Wildman–Crippen LogP) is 3.98. The van der Waals surface area contributed by atoms with Gasteiger partial charge in [-0.1, -0.05) is 44.2 Å². The largest absolute Gasteiger partial charge is 0.354 e. The maximum Gasteiger partial charge on any atom is 0.0387 e. The van der Waals surface area contributed by atoms with E-state index in [0.717, 1.165) is 19.6 Å². The van der Waals surface area contributed by atoms with E-state index in [0.29, 0.717) is 0 Å². The lowest BCUT2D eigenvalue weighted by Gasteiger charge is -2.32. The molecule has 2 rings (SSSR count). The first-order chi connectivity index (χ1) is 10.2. The van der Waals surface area contributed by atoms with E-state index < -0.39 is 0 Å². The standard InChI is InChI=1S/C19H28N2/c1-5-9-16-10-8-11-17-14-21(13-12-19(16)17)15-18(6-2)20(4)7-3/h6-8,10-11H,3,5,9,12-15H2,1-2,4H3/b18-6-. The zero-order chi connectivity index (χ0) is 15.2. The van der Waals surface area contributed by atoms with Crippen LogP contribution < -0.4 is 0 Å². The summed E-state index contributed by atoms with van der Waals surface area (Å²) < 4.78 is 0. The minimum atomic E-state index is 0.996. The SMILES string of the molecule is C=CN(C)/C(=C\C)CN1CCc2c(CCC)cccc2C1. The van der Waals surface area contributed by atoms with Crippen molar-refractivity contribution in [3.05, 3.63) is 59.4 Å². The molecular formula is C19H28N2. The van der Waals surface area contributed by atoms with E-state index in [1.54, 1.807) is 11.1 Å². The highest BCUT2D eigenvalue weighted by atomic mass is 15.2. The Morgan fingerprint density at radius 3 is 2.90 bits per heavy atom. The minimum Gasteiger partial charge on any atom is -0.354 e. The fourth-order valence-corrected chi connectivity index (χ4v) is 3.14. The highest BCUT2D eigenvalue weighted by Gasteiger charge is 2.19. The van der Waals surface area contributed by atoms with Crippen molar-refractivity contribution in [1.82, 2.24) is 9.80 Å². The molecule has 1 aliphatic rings. The van der Waals surface area contributed by atoms with Crippen LogP contribution in [0.1, 0.15) is 37.0 Å². The highest BCUT2D eigenvalue weighted by molar-refractivity contribution is 5.37. The molecule has 0 saturated carbocycles. The fourth-order valence-electron chi connectivity index (χ4n) is 3.14. The molecular weight excluding hydrogens is 256 g/mol. The van der Waals surface area contributed by atoms with Crippen LogP contribution in [0.15, 0.2) is 42.8 Å². The maximum absolute atomic E-state index is 3.86. The number of aryl methyl sites for hydroxylation is 1. The van der Waals surface area contributed by atoms with Gasteiger partial charge in [0.25, 0.3) is 0 Å². The van der Waals surface area contributed by atoms with E-state index in [9.17, 15) is 0 Å². The van der Waals surface area contributed by atoms with Gasteiger partial charge in [0, 0.05) is 32.4 Å². The molecule has 0 radical (unpaired) electrons. The van der Waals surface area contributed by atoms with Gasteiger partial charge in [0.15, 0.2) is 0 Å². The van der Waals surface area contributed by atoms with Gasteiger partial charge in [0.2, 0.25) is 0 Å². The van der Waals surface area contributed by atoms with Crippen molar-refractivity contribution in [2.45, 2.75) is 39.7 Å². The summed E-state index contributed by atoms with van der Waals surface area (Å²) in [5.41, 5.74) is 6.00. The van der Waals surface area contributed by atoms with Gasteiger partial charge < -0.3 is 4.90 Å². The Labute approximate surface area is 129 Å². The maximum atomic E-state index is 3.86. The zero-order valence-electron chi connectivity index (χ0n) is 13.7. The molecule has 1 aliphatic heterocycles. The third kappa shape index (κ3) is 3.76. The molecule has 1 aromatic rings. The number of likely N-dealkylation sites (N-methyl/N-ethyl adjacent to an activating group) is 1. The summed E-state index contributed by atoms with van der Waals surface area (Å²) in [6.07, 6.45) is 7.69. The summed E-state index contributed by atoms with van der Waals surface area (Å²) in [5.74, 6) is 0. The molecule has 0 unspecified atom stereocenters. The van der Waals surface area contributed by atoms with Crippen molar-refractivity contribution in [2.24, 2.45) is 0 Å². The van der Waals surface area contributed by atoms with Crippen LogP contribution in [0.25, 0.3) is 0 Å². The topological polar surface area (TPSA) is 6.48 Å². The monoisotopic (exact) mass is 284 g/mol. The van der Waals surface area contributed by atoms with Crippen molar-refractivity contribution in [3.8, 4) is 0 Å². The highest BCUT2D eigenvalue weighted by Crippen LogP contribution is 2.24. The van der Waals surface area contributed by atoms with E-state index in [2.05, 4.69) is 61.5 Å². The van der Waals surface area contributed by atoms with Crippen LogP contribution in [-0.2, 0) is 19.4 Å². The van der Waals surface area contributed by atoms with Crippen LogP contribution in [0.3, 0.4) is 0 Å². The van der Waals surface area contributed by atoms with Gasteiger partial charge in [-0.3, -0.25) is 4.90 Å². The average Bonchev–Trinajstić information content (AvgIpc) is 2.52. The second kappa shape index (κ2) is 7.46. The smallest absolute Gasteiger partial charge is 0.0387 e. The molecule has 1 heterocycles. The summed E-state index contributed by atoms with van der Waals surface area (Å²) in [4.78, 5) is 4.65. The number of fused-ring (bicyclic) bond motifs is 1. The van der Waals surface area contributed by atoms with E-state index in [1.807, 2.05) is 6.20 Å². The molecule has 0 aromatic heterocycles. The number of rotatable bonds is 6. The van der Waals surface area contributed by atoms with Crippen LogP contribution in [-0.4, -0.2) is 29.9 Å². The quantitative estimate of drug-likeness (QED) is 0.779. The normalized spacial score (nSPS) is 15.7. The second-order valence-electron chi connectivity index (χ2n) is 5.84. The molecule has 21 heavy (non-hydrogen) atoms. The van der Waals surface area contributed by atoms with Gasteiger partial charge in [0.1, 0.15) is 0 Å². The van der Waals surface area contributed by atoms with Crippen LogP contribution in [0, 0.1) is 0 Å². The Hall–Kier alpha value is -1.54. The first-order valence-electron chi connectivity index (χ1n) is 8.02. The van der Waals surface area contributed by atoms with Gasteiger partial charge in [-0.05, 0) is 42.7 Å². The first-order valence-corrected chi connectivity index (χ1v) is 8.02. The van der Waals surface area contributed by atoms with Gasteiger partial charge in [-0.2, -0.15) is 0 Å². The summed E-state index contributed by atoms with van der Waals surface area (Å²) in [6, 6.07) is 6.83. The van der Waals surface area contributed by atoms with Crippen molar-refractivity contribution >= 4 is 0 Å². The molecule has 0 saturated heterocycles. The third-order valence-electron chi connectivity index (χ3n) is 4.41. The molecule has 2 heteroatoms. The zero-order valence-corrected chi connectivity index (χ0v) is 13.7. The lowest BCUT2D eigenvalue weighted by Crippen LogP contribution is -2.35. The van der Waals surface area contributed by atoms with E-state index in [4.69, 9.17) is 0 Å². The van der Waals surface area contributed by atoms with Gasteiger partial charge in [0.05, 0.1) is 0 Å². The predicted molar refractivity (Wildman–Crippen MR) is 91.1 cm³/mol. The molecule has 2 nitrogen and oxygen atoms in total. The van der Waals surface area contributed by atoms with Crippen LogP contribution >= 0.6 is 0 Å². The Morgan fingerprint density at radius 1 is 1.43 bits per heavy atom. The third-order valence-corrected chi connectivity index (χ3v) is 4.41. The Kier molecular flexibility index (Phi) is 5.63. The van der Waals surface area contributed by atoms with Crippen LogP contribution in [0.5, 0.6) is 0 Å². The lowest BCUT2D eigenvalue weighted by molar-refractivity contribution is 0.258. The van der Waals surface area contributed by atoms with E-state index in [-0.39, 0.29) is 0 Å². The molecule has 0 bridgehead atoms. The van der Waals surface area contributed by atoms with Gasteiger partial charge in [-0.25, -0.2) is 0 Å². The molecule has 0 fully saturated rings. The summed E-state index contributed by atoms with van der Waals surface area (Å²) in [7, 11) is 2.07. The molecule has 0 amide bonds. The summed E-state index contributed by atoms with van der Waals surface area (Å²) in [5, 5.41) is 0. The van der Waals surface area contributed by atoms with Gasteiger partial charge in [-0.15, -0.1) is 0 Å². The number of benzene rings is 1. The van der Waals surface area contributed by atoms with E-state index in [1.165, 1.54) is 30.5 Å². The molecule has 0 spiro atoms. The second-order valence-corrected chi connectivity index (χ2v) is 5.84. The Balaban J connectivity index is 2.09. The minimum absolute atomic E-state index is 0.996. The Morgan fingerprint density at radius 2 is 2.24 bits per heavy atom. The Bertz CT molecular complexity index is 516. The molecule has 0 N–H and O–H groups in total. The molecule has 0 atom stereocenters. The van der Waals surface area contributed by atoms with Crippen molar-refractivity contribution in [1.29, 1.82) is 0 Å². The first kappa shape index (κ1) is 15.8. The summed E-state index contributed by atoms with van der Waals surface area (Å²) in [6.45, 7) is 11.4. The molecule has 1 aromatic carbocycles. The van der Waals surface area contributed by atoms with Crippen molar-refractivity contribution in [3.63, 3.8) is 0 Å². The van der Waals surface area contributed by atoms with Crippen LogP contribution in [0.2, 0.25) is 0 Å². The lowest BCUT2D eigenvalue weighted by atomic mass is 9.92. The van der Waals surface area contributed by atoms with Gasteiger partial charge >= 0.3 is 0 Å². The number of hydrogen-bond acceptors (Lipinski definition) is 2.